The quantitative estimate of drug-likeness (QED) is 0.381. The Hall–Kier alpha value is -4.01. The number of carboxylic acid groups (broad SMARTS) is 1. The molecule has 5 rings (SSSR count). The molecule has 0 spiro atoms. The lowest BCUT2D eigenvalue weighted by Gasteiger charge is -2.30. The third-order valence-electron chi connectivity index (χ3n) is 7.12. The molecule has 0 radical (unpaired) electrons. The Labute approximate surface area is 208 Å². The van der Waals surface area contributed by atoms with Gasteiger partial charge in [0.2, 0.25) is 0 Å². The maximum absolute atomic E-state index is 13.6. The van der Waals surface area contributed by atoms with Gasteiger partial charge in [-0.25, -0.2) is 14.6 Å². The van der Waals surface area contributed by atoms with Crippen molar-refractivity contribution in [2.45, 2.75) is 64.5 Å². The van der Waals surface area contributed by atoms with Crippen LogP contribution in [0.25, 0.3) is 22.5 Å². The summed E-state index contributed by atoms with van der Waals surface area (Å²) in [6.45, 7) is 4.20. The average molecular weight is 487 g/mol. The van der Waals surface area contributed by atoms with Crippen LogP contribution < -0.4 is 5.56 Å². The largest absolute Gasteiger partial charge is 0.480 e. The zero-order chi connectivity index (χ0) is 25.2. The number of hydrogen-bond acceptors (Lipinski definition) is 5. The highest BCUT2D eigenvalue weighted by Gasteiger charge is 2.34. The minimum atomic E-state index is -0.943. The van der Waals surface area contributed by atoms with Crippen LogP contribution >= 0.6 is 0 Å². The predicted molar refractivity (Wildman–Crippen MR) is 136 cm³/mol. The molecule has 9 heteroatoms. The molecule has 2 aromatic carbocycles. The normalized spacial score (nSPS) is 17.2. The molecule has 9 nitrogen and oxygen atoms in total. The Morgan fingerprint density at radius 3 is 2.50 bits per heavy atom. The number of benzene rings is 2. The van der Waals surface area contributed by atoms with Gasteiger partial charge in [0.05, 0.1) is 0 Å². The van der Waals surface area contributed by atoms with Crippen molar-refractivity contribution in [3.8, 4) is 22.5 Å². The molecule has 0 aliphatic carbocycles. The molecular formula is C27H30N6O3. The van der Waals surface area contributed by atoms with E-state index < -0.39 is 12.0 Å². The van der Waals surface area contributed by atoms with Crippen LogP contribution in [-0.2, 0) is 17.6 Å². The summed E-state index contributed by atoms with van der Waals surface area (Å²) in [5.41, 5.74) is 5.46. The molecule has 2 atom stereocenters. The van der Waals surface area contributed by atoms with E-state index in [9.17, 15) is 14.7 Å². The summed E-state index contributed by atoms with van der Waals surface area (Å²) in [6.07, 6.45) is 4.41. The first-order valence-corrected chi connectivity index (χ1v) is 12.5. The summed E-state index contributed by atoms with van der Waals surface area (Å²) >= 11 is 0. The van der Waals surface area contributed by atoms with E-state index in [1.807, 2.05) is 53.2 Å². The first kappa shape index (κ1) is 23.7. The first-order valence-electron chi connectivity index (χ1n) is 12.5. The summed E-state index contributed by atoms with van der Waals surface area (Å²) in [7, 11) is 0. The van der Waals surface area contributed by atoms with Crippen LogP contribution in [0.3, 0.4) is 0 Å². The highest BCUT2D eigenvalue weighted by atomic mass is 16.4. The Balaban J connectivity index is 1.51. The molecule has 2 N–H and O–H groups in total. The smallest absolute Gasteiger partial charge is 0.328 e. The van der Waals surface area contributed by atoms with E-state index >= 15 is 0 Å². The van der Waals surface area contributed by atoms with Gasteiger partial charge in [-0.3, -0.25) is 9.48 Å². The van der Waals surface area contributed by atoms with E-state index in [1.165, 1.54) is 4.68 Å². The van der Waals surface area contributed by atoms with E-state index in [0.717, 1.165) is 53.6 Å². The summed E-state index contributed by atoms with van der Waals surface area (Å²) in [4.78, 5) is 25.5. The number of hydrogen-bond donors (Lipinski definition) is 2. The van der Waals surface area contributed by atoms with Crippen molar-refractivity contribution in [3.63, 3.8) is 0 Å². The Morgan fingerprint density at radius 2 is 1.83 bits per heavy atom. The molecule has 2 unspecified atom stereocenters. The topological polar surface area (TPSA) is 119 Å². The van der Waals surface area contributed by atoms with Crippen molar-refractivity contribution >= 4 is 5.97 Å². The van der Waals surface area contributed by atoms with Gasteiger partial charge in [-0.2, -0.15) is 0 Å². The van der Waals surface area contributed by atoms with Crippen LogP contribution in [0, 0.1) is 0 Å². The zero-order valence-electron chi connectivity index (χ0n) is 20.5. The van der Waals surface area contributed by atoms with Crippen LogP contribution in [0.1, 0.15) is 68.4 Å². The molecule has 1 aliphatic heterocycles. The average Bonchev–Trinajstić information content (AvgIpc) is 3.52. The second-order valence-electron chi connectivity index (χ2n) is 9.47. The number of aromatic amines is 1. The lowest BCUT2D eigenvalue weighted by Crippen LogP contribution is -2.38. The number of fused-ring (bicyclic) bond motifs is 1. The molecule has 0 saturated carbocycles. The number of H-pyrrole nitrogens is 1. The van der Waals surface area contributed by atoms with E-state index in [2.05, 4.69) is 34.5 Å². The Morgan fingerprint density at radius 1 is 1.08 bits per heavy atom. The summed E-state index contributed by atoms with van der Waals surface area (Å²) in [5.74, 6) is -0.342. The third kappa shape index (κ3) is 4.25. The van der Waals surface area contributed by atoms with Crippen LogP contribution in [0.4, 0.5) is 0 Å². The van der Waals surface area contributed by atoms with Crippen molar-refractivity contribution in [1.82, 2.24) is 30.0 Å². The van der Waals surface area contributed by atoms with E-state index in [0.29, 0.717) is 24.2 Å². The molecule has 3 heterocycles. The fourth-order valence-corrected chi connectivity index (χ4v) is 5.28. The SMILES string of the molecule is CCCCc1c(Cc2ccc(-c3ccccc3-c3nnn[nH]3)cc2)c(=O)n2n1C(C)CCC2C(=O)O. The van der Waals surface area contributed by atoms with Crippen LogP contribution in [0.2, 0.25) is 0 Å². The second-order valence-corrected chi connectivity index (χ2v) is 9.47. The number of rotatable bonds is 8. The van der Waals surface area contributed by atoms with Gasteiger partial charge in [-0.1, -0.05) is 61.9 Å². The fourth-order valence-electron chi connectivity index (χ4n) is 5.28. The van der Waals surface area contributed by atoms with Gasteiger partial charge in [0.15, 0.2) is 11.9 Å². The molecule has 36 heavy (non-hydrogen) atoms. The van der Waals surface area contributed by atoms with E-state index in [-0.39, 0.29) is 11.6 Å². The molecular weight excluding hydrogens is 456 g/mol. The molecule has 1 aliphatic rings. The van der Waals surface area contributed by atoms with Crippen molar-refractivity contribution in [2.24, 2.45) is 0 Å². The lowest BCUT2D eigenvalue weighted by atomic mass is 9.96. The molecule has 2 aromatic heterocycles. The van der Waals surface area contributed by atoms with Gasteiger partial charge in [0.25, 0.3) is 5.56 Å². The first-order chi connectivity index (χ1) is 17.5. The Bertz CT molecular complexity index is 1420. The zero-order valence-corrected chi connectivity index (χ0v) is 20.5. The molecule has 0 fully saturated rings. The van der Waals surface area contributed by atoms with E-state index in [1.54, 1.807) is 0 Å². The van der Waals surface area contributed by atoms with Crippen LogP contribution in [-0.4, -0.2) is 41.1 Å². The third-order valence-corrected chi connectivity index (χ3v) is 7.12. The van der Waals surface area contributed by atoms with Gasteiger partial charge < -0.3 is 5.11 Å². The maximum atomic E-state index is 13.6. The predicted octanol–water partition coefficient (Wildman–Crippen LogP) is 4.41. The lowest BCUT2D eigenvalue weighted by molar-refractivity contribution is -0.142. The number of aromatic nitrogens is 6. The minimum Gasteiger partial charge on any atom is -0.480 e. The molecule has 0 saturated heterocycles. The maximum Gasteiger partial charge on any atom is 0.328 e. The standard InChI is InChI=1S/C27H30N6O3/c1-3-4-9-23-22(26(34)33-24(27(35)36)15-10-17(2)32(23)33)16-18-11-13-19(14-12-18)20-7-5-6-8-21(20)25-28-30-31-29-25/h5-8,11-14,17,24H,3-4,9-10,15-16H2,1-2H3,(H,35,36)(H,28,29,30,31). The van der Waals surface area contributed by atoms with Gasteiger partial charge in [0.1, 0.15) is 0 Å². The number of nitrogens with zero attached hydrogens (tertiary/aromatic N) is 5. The van der Waals surface area contributed by atoms with Gasteiger partial charge >= 0.3 is 5.97 Å². The summed E-state index contributed by atoms with van der Waals surface area (Å²) in [6, 6.07) is 15.4. The van der Waals surface area contributed by atoms with Gasteiger partial charge in [0, 0.05) is 29.3 Å². The summed E-state index contributed by atoms with van der Waals surface area (Å²) in [5, 5.41) is 24.1. The minimum absolute atomic E-state index is 0.0957. The van der Waals surface area contributed by atoms with Crippen LogP contribution in [0.15, 0.2) is 53.3 Å². The number of carbonyl (C=O) groups is 1. The molecule has 4 aromatic rings. The van der Waals surface area contributed by atoms with Crippen molar-refractivity contribution in [3.05, 3.63) is 75.7 Å². The highest BCUT2D eigenvalue weighted by Crippen LogP contribution is 2.32. The molecule has 0 amide bonds. The Kier molecular flexibility index (Phi) is 6.54. The number of tetrazole rings is 1. The van der Waals surface area contributed by atoms with Gasteiger partial charge in [-0.05, 0) is 59.7 Å². The van der Waals surface area contributed by atoms with E-state index in [4.69, 9.17) is 0 Å². The number of aliphatic carboxylic acids is 1. The fraction of sp³-hybridized carbons (Fsp3) is 0.370. The van der Waals surface area contributed by atoms with Crippen LogP contribution in [0.5, 0.6) is 0 Å². The highest BCUT2D eigenvalue weighted by molar-refractivity contribution is 5.80. The number of nitrogens with one attached hydrogen (secondary N) is 1. The second kappa shape index (κ2) is 9.93. The molecule has 0 bridgehead atoms. The summed E-state index contributed by atoms with van der Waals surface area (Å²) < 4.78 is 3.48. The van der Waals surface area contributed by atoms with Crippen molar-refractivity contribution in [2.75, 3.05) is 0 Å². The van der Waals surface area contributed by atoms with Crippen molar-refractivity contribution in [1.29, 1.82) is 0 Å². The number of carboxylic acids is 1. The molecule has 186 valence electrons. The monoisotopic (exact) mass is 486 g/mol. The van der Waals surface area contributed by atoms with Gasteiger partial charge in [-0.15, -0.1) is 5.10 Å². The van der Waals surface area contributed by atoms with Crippen molar-refractivity contribution < 1.29 is 9.90 Å². The number of unbranched alkanes of at least 4 members (excludes halogenated alkanes) is 1.